The van der Waals surface area contributed by atoms with Gasteiger partial charge in [0.05, 0.1) is 15.9 Å². The molecule has 0 unspecified atom stereocenters. The molecule has 1 atom stereocenters. The second-order valence-electron chi connectivity index (χ2n) is 5.05. The van der Waals surface area contributed by atoms with E-state index in [1.54, 1.807) is 26.0 Å². The van der Waals surface area contributed by atoms with E-state index < -0.39 is 4.92 Å². The Morgan fingerprint density at radius 3 is 2.58 bits per heavy atom. The molecule has 0 aliphatic heterocycles. The number of rotatable bonds is 6. The Kier molecular flexibility index (Phi) is 6.08. The first-order valence-corrected chi connectivity index (χ1v) is 8.16. The number of hydrogen-bond acceptors (Lipinski definition) is 5. The monoisotopic (exact) mass is 343 g/mol. The Morgan fingerprint density at radius 1 is 1.21 bits per heavy atom. The van der Waals surface area contributed by atoms with Crippen LogP contribution in [0.5, 0.6) is 0 Å². The van der Waals surface area contributed by atoms with Gasteiger partial charge in [-0.15, -0.1) is 11.8 Å². The first-order valence-electron chi connectivity index (χ1n) is 7.28. The summed E-state index contributed by atoms with van der Waals surface area (Å²) in [5.41, 5.74) is 3.59. The van der Waals surface area contributed by atoms with Gasteiger partial charge in [-0.25, -0.2) is 5.43 Å². The van der Waals surface area contributed by atoms with Crippen LogP contribution in [0.3, 0.4) is 0 Å². The molecule has 2 aromatic rings. The Hall–Kier alpha value is -2.67. The number of carbonyl (C=O) groups excluding carboxylic acids is 1. The molecule has 0 aliphatic carbocycles. The number of nitrogens with one attached hydrogen (secondary N) is 1. The summed E-state index contributed by atoms with van der Waals surface area (Å²) in [5, 5.41) is 14.5. The van der Waals surface area contributed by atoms with Gasteiger partial charge in [0.1, 0.15) is 0 Å². The molecule has 1 N–H and O–H groups in total. The SMILES string of the molecule is C/C(=N/NC(=O)[C@H](C)Sc1ccccc1)c1cccc([N+](=O)[O-])c1. The summed E-state index contributed by atoms with van der Waals surface area (Å²) < 4.78 is 0. The van der Waals surface area contributed by atoms with Crippen LogP contribution in [0.15, 0.2) is 64.6 Å². The van der Waals surface area contributed by atoms with Gasteiger partial charge in [0.2, 0.25) is 0 Å². The van der Waals surface area contributed by atoms with E-state index in [1.807, 2.05) is 30.3 Å². The molecule has 7 heteroatoms. The van der Waals surface area contributed by atoms with Crippen LogP contribution in [-0.2, 0) is 4.79 Å². The molecule has 0 aromatic heterocycles. The number of hydrazone groups is 1. The van der Waals surface area contributed by atoms with Crippen LogP contribution >= 0.6 is 11.8 Å². The smallest absolute Gasteiger partial charge is 0.270 e. The summed E-state index contributed by atoms with van der Waals surface area (Å²) in [5.74, 6) is -0.228. The first kappa shape index (κ1) is 17.7. The van der Waals surface area contributed by atoms with Crippen LogP contribution in [0.4, 0.5) is 5.69 Å². The van der Waals surface area contributed by atoms with Crippen molar-refractivity contribution in [3.05, 3.63) is 70.3 Å². The molecule has 2 rings (SSSR count). The number of nitro benzene ring substituents is 1. The average molecular weight is 343 g/mol. The van der Waals surface area contributed by atoms with Gasteiger partial charge >= 0.3 is 0 Å². The summed E-state index contributed by atoms with van der Waals surface area (Å²) in [6.45, 7) is 3.49. The van der Waals surface area contributed by atoms with E-state index in [1.165, 1.54) is 23.9 Å². The van der Waals surface area contributed by atoms with E-state index in [2.05, 4.69) is 10.5 Å². The van der Waals surface area contributed by atoms with E-state index in [-0.39, 0.29) is 16.8 Å². The fourth-order valence-corrected chi connectivity index (χ4v) is 2.78. The molecule has 0 fully saturated rings. The molecule has 0 spiro atoms. The molecule has 0 aliphatic rings. The molecule has 0 radical (unpaired) electrons. The quantitative estimate of drug-likeness (QED) is 0.376. The number of carbonyl (C=O) groups is 1. The predicted molar refractivity (Wildman–Crippen MR) is 95.2 cm³/mol. The topological polar surface area (TPSA) is 84.6 Å². The lowest BCUT2D eigenvalue weighted by Crippen LogP contribution is -2.27. The number of benzene rings is 2. The zero-order valence-corrected chi connectivity index (χ0v) is 14.1. The van der Waals surface area contributed by atoms with Crippen molar-refractivity contribution in [3.8, 4) is 0 Å². The van der Waals surface area contributed by atoms with Crippen molar-refractivity contribution in [1.82, 2.24) is 5.43 Å². The highest BCUT2D eigenvalue weighted by atomic mass is 32.2. The van der Waals surface area contributed by atoms with E-state index in [0.717, 1.165) is 4.90 Å². The minimum absolute atomic E-state index is 0.0126. The molecule has 0 saturated carbocycles. The largest absolute Gasteiger partial charge is 0.272 e. The normalized spacial score (nSPS) is 12.5. The summed E-state index contributed by atoms with van der Waals surface area (Å²) in [6, 6.07) is 15.7. The Balaban J connectivity index is 1.99. The maximum Gasteiger partial charge on any atom is 0.270 e. The van der Waals surface area contributed by atoms with Crippen LogP contribution < -0.4 is 5.43 Å². The van der Waals surface area contributed by atoms with Crippen LogP contribution in [0.2, 0.25) is 0 Å². The van der Waals surface area contributed by atoms with Crippen LogP contribution in [0, 0.1) is 10.1 Å². The lowest BCUT2D eigenvalue weighted by molar-refractivity contribution is -0.384. The van der Waals surface area contributed by atoms with Gasteiger partial charge in [-0.2, -0.15) is 5.10 Å². The van der Waals surface area contributed by atoms with Crippen molar-refractivity contribution in [3.63, 3.8) is 0 Å². The fourth-order valence-electron chi connectivity index (χ4n) is 1.90. The van der Waals surface area contributed by atoms with Gasteiger partial charge < -0.3 is 0 Å². The molecule has 0 heterocycles. The van der Waals surface area contributed by atoms with Gasteiger partial charge in [0.15, 0.2) is 0 Å². The number of thioether (sulfide) groups is 1. The zero-order chi connectivity index (χ0) is 17.5. The summed E-state index contributed by atoms with van der Waals surface area (Å²) in [6.07, 6.45) is 0. The minimum Gasteiger partial charge on any atom is -0.272 e. The summed E-state index contributed by atoms with van der Waals surface area (Å²) in [4.78, 5) is 23.4. The molecule has 24 heavy (non-hydrogen) atoms. The van der Waals surface area contributed by atoms with Gasteiger partial charge in [-0.1, -0.05) is 30.3 Å². The minimum atomic E-state index is -0.464. The maximum absolute atomic E-state index is 12.1. The number of nitro groups is 1. The Bertz CT molecular complexity index is 763. The van der Waals surface area contributed by atoms with Crippen molar-refractivity contribution in [2.24, 2.45) is 5.10 Å². The summed E-state index contributed by atoms with van der Waals surface area (Å²) >= 11 is 1.43. The molecule has 2 aromatic carbocycles. The van der Waals surface area contributed by atoms with Gasteiger partial charge in [0.25, 0.3) is 11.6 Å². The zero-order valence-electron chi connectivity index (χ0n) is 13.3. The third-order valence-corrected chi connectivity index (χ3v) is 4.35. The molecule has 0 bridgehead atoms. The van der Waals surface area contributed by atoms with Crippen molar-refractivity contribution in [2.45, 2.75) is 24.0 Å². The third-order valence-electron chi connectivity index (χ3n) is 3.23. The number of non-ortho nitro benzene ring substituents is 1. The second-order valence-corrected chi connectivity index (χ2v) is 6.47. The number of hydrogen-bond donors (Lipinski definition) is 1. The highest BCUT2D eigenvalue weighted by Crippen LogP contribution is 2.22. The Labute approximate surface area is 144 Å². The summed E-state index contributed by atoms with van der Waals surface area (Å²) in [7, 11) is 0. The van der Waals surface area contributed by atoms with Crippen molar-refractivity contribution >= 4 is 29.1 Å². The molecule has 124 valence electrons. The van der Waals surface area contributed by atoms with Crippen molar-refractivity contribution < 1.29 is 9.72 Å². The van der Waals surface area contributed by atoms with Crippen LogP contribution in [0.1, 0.15) is 19.4 Å². The lowest BCUT2D eigenvalue weighted by atomic mass is 10.1. The van der Waals surface area contributed by atoms with Gasteiger partial charge in [-0.3, -0.25) is 14.9 Å². The van der Waals surface area contributed by atoms with E-state index in [0.29, 0.717) is 11.3 Å². The van der Waals surface area contributed by atoms with Gasteiger partial charge in [0, 0.05) is 22.6 Å². The van der Waals surface area contributed by atoms with Crippen molar-refractivity contribution in [1.29, 1.82) is 0 Å². The Morgan fingerprint density at radius 2 is 1.92 bits per heavy atom. The predicted octanol–water partition coefficient (Wildman–Crippen LogP) is 3.62. The molecular weight excluding hydrogens is 326 g/mol. The maximum atomic E-state index is 12.1. The lowest BCUT2D eigenvalue weighted by Gasteiger charge is -2.10. The standard InChI is InChI=1S/C17H17N3O3S/c1-12(14-7-6-8-15(11-14)20(22)23)18-19-17(21)13(2)24-16-9-4-3-5-10-16/h3-11,13H,1-2H3,(H,19,21)/b18-12-/t13-/m0/s1. The number of amides is 1. The van der Waals surface area contributed by atoms with Gasteiger partial charge in [-0.05, 0) is 26.0 Å². The molecule has 0 saturated heterocycles. The molecular formula is C17H17N3O3S. The average Bonchev–Trinajstić information content (AvgIpc) is 2.60. The van der Waals surface area contributed by atoms with Crippen LogP contribution in [-0.4, -0.2) is 21.8 Å². The number of nitrogens with zero attached hydrogens (tertiary/aromatic N) is 2. The molecule has 1 amide bonds. The van der Waals surface area contributed by atoms with E-state index in [4.69, 9.17) is 0 Å². The first-order chi connectivity index (χ1) is 11.5. The highest BCUT2D eigenvalue weighted by molar-refractivity contribution is 8.00. The van der Waals surface area contributed by atoms with E-state index in [9.17, 15) is 14.9 Å². The second kappa shape index (κ2) is 8.26. The van der Waals surface area contributed by atoms with Crippen molar-refractivity contribution in [2.75, 3.05) is 0 Å². The van der Waals surface area contributed by atoms with E-state index >= 15 is 0 Å². The molecule has 6 nitrogen and oxygen atoms in total. The third kappa shape index (κ3) is 4.92. The fraction of sp³-hybridized carbons (Fsp3) is 0.176. The highest BCUT2D eigenvalue weighted by Gasteiger charge is 2.14. The van der Waals surface area contributed by atoms with Crippen LogP contribution in [0.25, 0.3) is 0 Å².